The third-order valence-electron chi connectivity index (χ3n) is 3.48. The molecule has 2 aromatic heterocycles. The van der Waals surface area contributed by atoms with Gasteiger partial charge in [-0.15, -0.1) is 11.3 Å². The van der Waals surface area contributed by atoms with Gasteiger partial charge < -0.3 is 9.88 Å². The summed E-state index contributed by atoms with van der Waals surface area (Å²) in [5, 5.41) is 5.71. The lowest BCUT2D eigenvalue weighted by Crippen LogP contribution is -2.19. The van der Waals surface area contributed by atoms with Crippen molar-refractivity contribution in [3.05, 3.63) is 50.6 Å². The first-order valence-electron chi connectivity index (χ1n) is 6.23. The first-order chi connectivity index (χ1) is 8.74. The summed E-state index contributed by atoms with van der Waals surface area (Å²) in [6.45, 7) is 0. The third-order valence-corrected chi connectivity index (χ3v) is 4.48. The van der Waals surface area contributed by atoms with Gasteiger partial charge in [0.2, 0.25) is 5.56 Å². The molecule has 18 heavy (non-hydrogen) atoms. The lowest BCUT2D eigenvalue weighted by Gasteiger charge is -2.24. The van der Waals surface area contributed by atoms with E-state index in [4.69, 9.17) is 0 Å². The summed E-state index contributed by atoms with van der Waals surface area (Å²) < 4.78 is 1.61. The Balaban J connectivity index is 1.86. The molecule has 3 rings (SSSR count). The molecule has 0 spiro atoms. The van der Waals surface area contributed by atoms with Gasteiger partial charge in [-0.05, 0) is 42.3 Å². The fourth-order valence-corrected chi connectivity index (χ4v) is 3.50. The quantitative estimate of drug-likeness (QED) is 0.900. The van der Waals surface area contributed by atoms with E-state index in [1.165, 1.54) is 23.3 Å². The number of anilines is 1. The molecule has 0 aliphatic heterocycles. The van der Waals surface area contributed by atoms with Crippen molar-refractivity contribution >= 4 is 17.0 Å². The summed E-state index contributed by atoms with van der Waals surface area (Å²) in [4.78, 5) is 12.9. The largest absolute Gasteiger partial charge is 0.377 e. The maximum Gasteiger partial charge on any atom is 0.250 e. The molecule has 1 atom stereocenters. The van der Waals surface area contributed by atoms with E-state index in [0.29, 0.717) is 6.04 Å². The van der Waals surface area contributed by atoms with E-state index in [0.717, 1.165) is 12.1 Å². The minimum absolute atomic E-state index is 0.0282. The van der Waals surface area contributed by atoms with E-state index >= 15 is 0 Å². The van der Waals surface area contributed by atoms with Crippen molar-refractivity contribution in [2.45, 2.75) is 25.3 Å². The Morgan fingerprint density at radius 2 is 2.28 bits per heavy atom. The van der Waals surface area contributed by atoms with E-state index in [1.54, 1.807) is 17.7 Å². The molecule has 1 N–H and O–H groups in total. The molecule has 0 aromatic carbocycles. The standard InChI is InChI=1S/C14H16N2OS/c1-16-9-10(5-6-14(16)17)15-12-3-2-4-13-11(12)7-8-18-13/h5-9,12,15H,2-4H2,1H3. The van der Waals surface area contributed by atoms with Crippen molar-refractivity contribution in [1.82, 2.24) is 4.57 Å². The van der Waals surface area contributed by atoms with Crippen molar-refractivity contribution in [3.63, 3.8) is 0 Å². The van der Waals surface area contributed by atoms with E-state index < -0.39 is 0 Å². The van der Waals surface area contributed by atoms with Crippen LogP contribution in [0.5, 0.6) is 0 Å². The zero-order valence-electron chi connectivity index (χ0n) is 10.3. The van der Waals surface area contributed by atoms with E-state index in [2.05, 4.69) is 16.8 Å². The summed E-state index contributed by atoms with van der Waals surface area (Å²) in [5.41, 5.74) is 2.47. The highest BCUT2D eigenvalue weighted by Crippen LogP contribution is 2.35. The Kier molecular flexibility index (Phi) is 2.96. The van der Waals surface area contributed by atoms with Gasteiger partial charge in [0.05, 0.1) is 11.7 Å². The van der Waals surface area contributed by atoms with Crippen LogP contribution in [0.1, 0.15) is 29.3 Å². The summed E-state index contributed by atoms with van der Waals surface area (Å²) in [6, 6.07) is 6.08. The van der Waals surface area contributed by atoms with Crippen LogP contribution in [0, 0.1) is 0 Å². The molecule has 94 valence electrons. The Labute approximate surface area is 110 Å². The molecule has 0 radical (unpaired) electrons. The number of fused-ring (bicyclic) bond motifs is 1. The molecule has 3 nitrogen and oxygen atoms in total. The van der Waals surface area contributed by atoms with Crippen LogP contribution >= 0.6 is 11.3 Å². The van der Waals surface area contributed by atoms with Crippen molar-refractivity contribution in [2.75, 3.05) is 5.32 Å². The van der Waals surface area contributed by atoms with Crippen LogP contribution in [-0.2, 0) is 13.5 Å². The smallest absolute Gasteiger partial charge is 0.250 e. The maximum absolute atomic E-state index is 11.4. The molecule has 2 heterocycles. The van der Waals surface area contributed by atoms with Gasteiger partial charge in [0.15, 0.2) is 0 Å². The molecule has 0 saturated carbocycles. The molecule has 2 aromatic rings. The number of nitrogens with zero attached hydrogens (tertiary/aromatic N) is 1. The Morgan fingerprint density at radius 1 is 1.39 bits per heavy atom. The molecular weight excluding hydrogens is 244 g/mol. The minimum Gasteiger partial charge on any atom is -0.377 e. The van der Waals surface area contributed by atoms with Crippen LogP contribution in [0.4, 0.5) is 5.69 Å². The van der Waals surface area contributed by atoms with Gasteiger partial charge >= 0.3 is 0 Å². The lowest BCUT2D eigenvalue weighted by molar-refractivity contribution is 0.608. The van der Waals surface area contributed by atoms with Gasteiger partial charge in [-0.1, -0.05) is 0 Å². The van der Waals surface area contributed by atoms with Gasteiger partial charge in [0.1, 0.15) is 0 Å². The molecule has 0 fully saturated rings. The summed E-state index contributed by atoms with van der Waals surface area (Å²) >= 11 is 1.85. The van der Waals surface area contributed by atoms with Crippen LogP contribution < -0.4 is 10.9 Å². The maximum atomic E-state index is 11.4. The number of aromatic nitrogens is 1. The number of thiophene rings is 1. The SMILES string of the molecule is Cn1cc(NC2CCCc3sccc32)ccc1=O. The van der Waals surface area contributed by atoms with E-state index in [9.17, 15) is 4.79 Å². The Bertz CT molecular complexity index is 614. The van der Waals surface area contributed by atoms with Crippen LogP contribution in [-0.4, -0.2) is 4.57 Å². The second-order valence-electron chi connectivity index (χ2n) is 4.76. The second kappa shape index (κ2) is 4.61. The highest BCUT2D eigenvalue weighted by Gasteiger charge is 2.20. The Hall–Kier alpha value is -1.55. The van der Waals surface area contributed by atoms with Gasteiger partial charge in [-0.25, -0.2) is 0 Å². The fraction of sp³-hybridized carbons (Fsp3) is 0.357. The van der Waals surface area contributed by atoms with Crippen LogP contribution in [0.15, 0.2) is 34.6 Å². The third kappa shape index (κ3) is 2.08. The number of hydrogen-bond acceptors (Lipinski definition) is 3. The predicted molar refractivity (Wildman–Crippen MR) is 75.3 cm³/mol. The topological polar surface area (TPSA) is 34.0 Å². The molecule has 1 aliphatic rings. The van der Waals surface area contributed by atoms with Gasteiger partial charge in [0.25, 0.3) is 0 Å². The zero-order chi connectivity index (χ0) is 12.5. The predicted octanol–water partition coefficient (Wildman–Crippen LogP) is 2.94. The normalized spacial score (nSPS) is 18.4. The zero-order valence-corrected chi connectivity index (χ0v) is 11.2. The average Bonchev–Trinajstić information content (AvgIpc) is 2.83. The Morgan fingerprint density at radius 3 is 3.11 bits per heavy atom. The van der Waals surface area contributed by atoms with Gasteiger partial charge in [-0.3, -0.25) is 4.79 Å². The van der Waals surface area contributed by atoms with E-state index in [-0.39, 0.29) is 5.56 Å². The highest BCUT2D eigenvalue weighted by atomic mass is 32.1. The number of aryl methyl sites for hydroxylation is 2. The number of nitrogens with one attached hydrogen (secondary N) is 1. The van der Waals surface area contributed by atoms with Gasteiger partial charge in [-0.2, -0.15) is 0 Å². The molecule has 1 unspecified atom stereocenters. The summed E-state index contributed by atoms with van der Waals surface area (Å²) in [5.74, 6) is 0. The number of rotatable bonds is 2. The number of hydrogen-bond donors (Lipinski definition) is 1. The van der Waals surface area contributed by atoms with Crippen molar-refractivity contribution in [2.24, 2.45) is 7.05 Å². The lowest BCUT2D eigenvalue weighted by atomic mass is 9.94. The highest BCUT2D eigenvalue weighted by molar-refractivity contribution is 7.10. The molecule has 4 heteroatoms. The molecule has 1 aliphatic carbocycles. The summed E-state index contributed by atoms with van der Waals surface area (Å²) in [6.07, 6.45) is 5.46. The monoisotopic (exact) mass is 260 g/mol. The second-order valence-corrected chi connectivity index (χ2v) is 5.76. The molecule has 0 saturated heterocycles. The fourth-order valence-electron chi connectivity index (χ4n) is 2.52. The van der Waals surface area contributed by atoms with Crippen LogP contribution in [0.25, 0.3) is 0 Å². The molecule has 0 bridgehead atoms. The van der Waals surface area contributed by atoms with Crippen molar-refractivity contribution in [3.8, 4) is 0 Å². The summed E-state index contributed by atoms with van der Waals surface area (Å²) in [7, 11) is 1.78. The first-order valence-corrected chi connectivity index (χ1v) is 7.11. The van der Waals surface area contributed by atoms with Crippen molar-refractivity contribution < 1.29 is 0 Å². The average molecular weight is 260 g/mol. The van der Waals surface area contributed by atoms with Gasteiger partial charge in [0, 0.05) is 24.2 Å². The minimum atomic E-state index is 0.0282. The number of pyridine rings is 1. The molecular formula is C14H16N2OS. The van der Waals surface area contributed by atoms with Crippen LogP contribution in [0.3, 0.4) is 0 Å². The first kappa shape index (κ1) is 11.5. The van der Waals surface area contributed by atoms with Crippen molar-refractivity contribution in [1.29, 1.82) is 0 Å². The van der Waals surface area contributed by atoms with E-state index in [1.807, 2.05) is 23.6 Å². The molecule has 0 amide bonds. The van der Waals surface area contributed by atoms with Crippen LogP contribution in [0.2, 0.25) is 0 Å².